The van der Waals surface area contributed by atoms with Gasteiger partial charge in [-0.25, -0.2) is 4.98 Å². The summed E-state index contributed by atoms with van der Waals surface area (Å²) < 4.78 is 2.17. The number of aryl methyl sites for hydroxylation is 1. The van der Waals surface area contributed by atoms with Gasteiger partial charge in [0, 0.05) is 32.0 Å². The van der Waals surface area contributed by atoms with Gasteiger partial charge in [0.1, 0.15) is 5.82 Å². The first-order valence-electron chi connectivity index (χ1n) is 7.27. The maximum Gasteiger partial charge on any atom is 0.317 e. The predicted octanol–water partition coefficient (Wildman–Crippen LogP) is 0.578. The third-order valence-corrected chi connectivity index (χ3v) is 3.89. The number of aromatic nitrogens is 2. The fourth-order valence-electron chi connectivity index (χ4n) is 2.79. The van der Waals surface area contributed by atoms with Crippen molar-refractivity contribution < 1.29 is 9.90 Å². The van der Waals surface area contributed by atoms with Crippen molar-refractivity contribution >= 4 is 5.97 Å². The lowest BCUT2D eigenvalue weighted by Gasteiger charge is -2.32. The first-order chi connectivity index (χ1) is 9.65. The Kier molecular flexibility index (Phi) is 5.55. The lowest BCUT2D eigenvalue weighted by Crippen LogP contribution is -2.41. The zero-order chi connectivity index (χ0) is 14.4. The van der Waals surface area contributed by atoms with Gasteiger partial charge in [0.15, 0.2) is 0 Å². The van der Waals surface area contributed by atoms with Crippen LogP contribution in [0.3, 0.4) is 0 Å². The Morgan fingerprint density at radius 1 is 1.55 bits per heavy atom. The van der Waals surface area contributed by atoms with Crippen molar-refractivity contribution in [3.05, 3.63) is 18.2 Å². The van der Waals surface area contributed by atoms with E-state index >= 15 is 0 Å². The van der Waals surface area contributed by atoms with Crippen LogP contribution in [0, 0.1) is 12.8 Å². The van der Waals surface area contributed by atoms with E-state index in [-0.39, 0.29) is 6.54 Å². The monoisotopic (exact) mass is 280 g/mol. The Morgan fingerprint density at radius 3 is 3.10 bits per heavy atom. The van der Waals surface area contributed by atoms with Crippen molar-refractivity contribution in [3.63, 3.8) is 0 Å². The number of imidazole rings is 1. The molecular weight excluding hydrogens is 256 g/mol. The number of likely N-dealkylation sites (tertiary alicyclic amines) is 1. The molecule has 1 saturated heterocycles. The molecule has 1 aromatic heterocycles. The number of hydrogen-bond acceptors (Lipinski definition) is 4. The number of aliphatic carboxylic acids is 1. The number of nitrogens with one attached hydrogen (secondary N) is 1. The van der Waals surface area contributed by atoms with E-state index < -0.39 is 5.97 Å². The molecule has 2 rings (SSSR count). The van der Waals surface area contributed by atoms with E-state index in [2.05, 4.69) is 19.8 Å². The molecule has 0 aliphatic carbocycles. The SMILES string of the molecule is Cc1nccn1CCN1CCCC(CNCC(=O)O)C1. The number of hydrogen-bond donors (Lipinski definition) is 2. The zero-order valence-corrected chi connectivity index (χ0v) is 12.1. The number of nitrogens with zero attached hydrogens (tertiary/aromatic N) is 3. The molecule has 0 spiro atoms. The highest BCUT2D eigenvalue weighted by atomic mass is 16.4. The van der Waals surface area contributed by atoms with Gasteiger partial charge in [0.05, 0.1) is 6.54 Å². The van der Waals surface area contributed by atoms with Crippen LogP contribution in [0.15, 0.2) is 12.4 Å². The van der Waals surface area contributed by atoms with E-state index in [0.29, 0.717) is 5.92 Å². The van der Waals surface area contributed by atoms with Crippen LogP contribution in [0.25, 0.3) is 0 Å². The molecule has 112 valence electrons. The first kappa shape index (κ1) is 15.0. The van der Waals surface area contributed by atoms with Crippen LogP contribution in [0.5, 0.6) is 0 Å². The highest BCUT2D eigenvalue weighted by Gasteiger charge is 2.19. The Labute approximate surface area is 119 Å². The van der Waals surface area contributed by atoms with Crippen LogP contribution < -0.4 is 5.32 Å². The van der Waals surface area contributed by atoms with Crippen LogP contribution >= 0.6 is 0 Å². The molecule has 0 saturated carbocycles. The minimum absolute atomic E-state index is 0.0602. The number of piperidine rings is 1. The van der Waals surface area contributed by atoms with Gasteiger partial charge in [-0.2, -0.15) is 0 Å². The normalized spacial score (nSPS) is 20.1. The molecule has 1 atom stereocenters. The molecule has 0 bridgehead atoms. The second-order valence-corrected chi connectivity index (χ2v) is 5.50. The second-order valence-electron chi connectivity index (χ2n) is 5.50. The molecule has 6 heteroatoms. The molecule has 1 aliphatic heterocycles. The minimum atomic E-state index is -0.784. The molecule has 0 amide bonds. The molecule has 1 aromatic rings. The molecule has 6 nitrogen and oxygen atoms in total. The van der Waals surface area contributed by atoms with E-state index in [9.17, 15) is 4.79 Å². The van der Waals surface area contributed by atoms with Gasteiger partial charge in [-0.1, -0.05) is 0 Å². The molecule has 2 N–H and O–H groups in total. The zero-order valence-electron chi connectivity index (χ0n) is 12.1. The van der Waals surface area contributed by atoms with Gasteiger partial charge in [0.2, 0.25) is 0 Å². The van der Waals surface area contributed by atoms with Crippen molar-refractivity contribution in [1.29, 1.82) is 0 Å². The van der Waals surface area contributed by atoms with Crippen molar-refractivity contribution in [2.75, 3.05) is 32.7 Å². The first-order valence-corrected chi connectivity index (χ1v) is 7.27. The summed E-state index contributed by atoms with van der Waals surface area (Å²) in [6.07, 6.45) is 6.24. The van der Waals surface area contributed by atoms with E-state index in [1.54, 1.807) is 0 Å². The van der Waals surface area contributed by atoms with Crippen LogP contribution in [-0.4, -0.2) is 58.3 Å². The Bertz CT molecular complexity index is 433. The minimum Gasteiger partial charge on any atom is -0.480 e. The molecule has 20 heavy (non-hydrogen) atoms. The maximum absolute atomic E-state index is 10.5. The van der Waals surface area contributed by atoms with E-state index in [1.807, 2.05) is 19.3 Å². The van der Waals surface area contributed by atoms with Crippen molar-refractivity contribution in [2.24, 2.45) is 5.92 Å². The Balaban J connectivity index is 1.70. The van der Waals surface area contributed by atoms with Gasteiger partial charge >= 0.3 is 5.97 Å². The van der Waals surface area contributed by atoms with E-state index in [0.717, 1.165) is 38.5 Å². The topological polar surface area (TPSA) is 70.4 Å². The summed E-state index contributed by atoms with van der Waals surface area (Å²) in [6, 6.07) is 0. The quantitative estimate of drug-likeness (QED) is 0.764. The summed E-state index contributed by atoms with van der Waals surface area (Å²) in [5, 5.41) is 11.6. The van der Waals surface area contributed by atoms with E-state index in [4.69, 9.17) is 5.11 Å². The summed E-state index contributed by atoms with van der Waals surface area (Å²) in [5.41, 5.74) is 0. The Morgan fingerprint density at radius 2 is 2.40 bits per heavy atom. The number of carboxylic acids is 1. The van der Waals surface area contributed by atoms with Crippen LogP contribution in [0.1, 0.15) is 18.7 Å². The maximum atomic E-state index is 10.5. The number of carbonyl (C=O) groups is 1. The third kappa shape index (κ3) is 4.61. The summed E-state index contributed by atoms with van der Waals surface area (Å²) in [4.78, 5) is 17.2. The van der Waals surface area contributed by atoms with Crippen LogP contribution in [0.2, 0.25) is 0 Å². The molecule has 1 fully saturated rings. The second kappa shape index (κ2) is 7.40. The number of rotatable bonds is 7. The van der Waals surface area contributed by atoms with E-state index in [1.165, 1.54) is 12.8 Å². The smallest absolute Gasteiger partial charge is 0.317 e. The van der Waals surface area contributed by atoms with Crippen molar-refractivity contribution in [2.45, 2.75) is 26.3 Å². The van der Waals surface area contributed by atoms with Crippen LogP contribution in [0.4, 0.5) is 0 Å². The molecule has 0 aromatic carbocycles. The highest BCUT2D eigenvalue weighted by molar-refractivity contribution is 5.68. The molecule has 2 heterocycles. The van der Waals surface area contributed by atoms with Crippen molar-refractivity contribution in [3.8, 4) is 0 Å². The fraction of sp³-hybridized carbons (Fsp3) is 0.714. The Hall–Kier alpha value is -1.40. The van der Waals surface area contributed by atoms with Gasteiger partial charge in [-0.15, -0.1) is 0 Å². The van der Waals surface area contributed by atoms with Gasteiger partial charge < -0.3 is 19.9 Å². The van der Waals surface area contributed by atoms with Gasteiger partial charge in [-0.3, -0.25) is 4.79 Å². The summed E-state index contributed by atoms with van der Waals surface area (Å²) in [7, 11) is 0. The van der Waals surface area contributed by atoms with Crippen molar-refractivity contribution in [1.82, 2.24) is 19.8 Å². The standard InChI is InChI=1S/C14H24N4O2/c1-12-16-4-6-18(12)8-7-17-5-2-3-13(11-17)9-15-10-14(19)20/h4,6,13,15H,2-3,5,7-11H2,1H3,(H,19,20). The summed E-state index contributed by atoms with van der Waals surface area (Å²) in [6.45, 7) is 7.09. The molecular formula is C14H24N4O2. The lowest BCUT2D eigenvalue weighted by atomic mass is 9.98. The third-order valence-electron chi connectivity index (χ3n) is 3.89. The van der Waals surface area contributed by atoms with Gasteiger partial charge in [0.25, 0.3) is 0 Å². The number of carboxylic acid groups (broad SMARTS) is 1. The molecule has 1 unspecified atom stereocenters. The lowest BCUT2D eigenvalue weighted by molar-refractivity contribution is -0.136. The summed E-state index contributed by atoms with van der Waals surface area (Å²) in [5.74, 6) is 0.835. The average Bonchev–Trinajstić information content (AvgIpc) is 2.82. The highest BCUT2D eigenvalue weighted by Crippen LogP contribution is 2.15. The predicted molar refractivity (Wildman–Crippen MR) is 76.6 cm³/mol. The van der Waals surface area contributed by atoms with Gasteiger partial charge in [-0.05, 0) is 38.8 Å². The molecule has 0 radical (unpaired) electrons. The summed E-state index contributed by atoms with van der Waals surface area (Å²) >= 11 is 0. The fourth-order valence-corrected chi connectivity index (χ4v) is 2.79. The average molecular weight is 280 g/mol. The molecule has 1 aliphatic rings. The largest absolute Gasteiger partial charge is 0.480 e. The van der Waals surface area contributed by atoms with Crippen LogP contribution in [-0.2, 0) is 11.3 Å².